The first-order valence-electron chi connectivity index (χ1n) is 8.83. The van der Waals surface area contributed by atoms with E-state index in [0.29, 0.717) is 12.2 Å². The number of amides is 1. The molecule has 1 saturated heterocycles. The predicted octanol–water partition coefficient (Wildman–Crippen LogP) is 3.94. The lowest BCUT2D eigenvalue weighted by atomic mass is 9.71. The lowest BCUT2D eigenvalue weighted by molar-refractivity contribution is -0.114. The number of carbonyl (C=O) groups is 1. The topological polar surface area (TPSA) is 74.1 Å². The van der Waals surface area contributed by atoms with Crippen molar-refractivity contribution in [1.29, 1.82) is 5.26 Å². The van der Waals surface area contributed by atoms with Crippen molar-refractivity contribution in [3.8, 4) is 6.07 Å². The number of hydrogen-bond donors (Lipinski definition) is 2. The van der Waals surface area contributed by atoms with Crippen LogP contribution in [0.4, 0.5) is 11.4 Å². The number of fused-ring (bicyclic) bond motifs is 3. The number of rotatable bonds is 2. The van der Waals surface area contributed by atoms with Crippen LogP contribution in [0, 0.1) is 17.2 Å². The number of hydrogen-bond acceptors (Lipinski definition) is 4. The Kier molecular flexibility index (Phi) is 3.93. The normalized spacial score (nSPS) is 26.2. The van der Waals surface area contributed by atoms with E-state index in [9.17, 15) is 4.79 Å². The summed E-state index contributed by atoms with van der Waals surface area (Å²) < 4.78 is 6.10. The first-order valence-corrected chi connectivity index (χ1v) is 8.83. The zero-order valence-electron chi connectivity index (χ0n) is 14.9. The third kappa shape index (κ3) is 2.63. The Bertz CT molecular complexity index is 900. The van der Waals surface area contributed by atoms with Gasteiger partial charge in [-0.25, -0.2) is 0 Å². The van der Waals surface area contributed by atoms with Gasteiger partial charge in [0.15, 0.2) is 0 Å². The van der Waals surface area contributed by atoms with E-state index in [1.807, 2.05) is 42.5 Å². The summed E-state index contributed by atoms with van der Waals surface area (Å²) in [6.07, 6.45) is 0.943. The van der Waals surface area contributed by atoms with Crippen molar-refractivity contribution in [1.82, 2.24) is 0 Å². The minimum atomic E-state index is -0.280. The molecule has 132 valence electrons. The molecule has 3 atom stereocenters. The number of benzene rings is 2. The number of nitrogens with zero attached hydrogens (tertiary/aromatic N) is 1. The quantitative estimate of drug-likeness (QED) is 0.863. The number of anilines is 2. The molecule has 0 aromatic heterocycles. The Morgan fingerprint density at radius 1 is 1.31 bits per heavy atom. The van der Waals surface area contributed by atoms with Crippen LogP contribution in [0.5, 0.6) is 0 Å². The summed E-state index contributed by atoms with van der Waals surface area (Å²) in [5.74, 6) is 0.190. The number of ether oxygens (including phenoxy) is 1. The minimum absolute atomic E-state index is 0.0133. The van der Waals surface area contributed by atoms with Gasteiger partial charge >= 0.3 is 0 Å². The fraction of sp³-hybridized carbons (Fsp3) is 0.333. The number of nitrogens with one attached hydrogen (secondary N) is 2. The van der Waals surface area contributed by atoms with E-state index in [1.165, 1.54) is 6.92 Å². The SMILES string of the molecule is CC(=O)Nc1ccc2c(c1)[C@@H]1OCC[C@@H]1[C@@](C)(c1ccc(C#N)cc1)N2. The van der Waals surface area contributed by atoms with Gasteiger partial charge in [0.05, 0.1) is 23.3 Å². The van der Waals surface area contributed by atoms with Gasteiger partial charge in [-0.2, -0.15) is 5.26 Å². The van der Waals surface area contributed by atoms with Gasteiger partial charge in [-0.05, 0) is 49.2 Å². The van der Waals surface area contributed by atoms with Crippen LogP contribution in [0.1, 0.15) is 43.1 Å². The molecule has 0 saturated carbocycles. The molecule has 0 aliphatic carbocycles. The van der Waals surface area contributed by atoms with Crippen molar-refractivity contribution in [2.75, 3.05) is 17.2 Å². The molecule has 26 heavy (non-hydrogen) atoms. The van der Waals surface area contributed by atoms with Crippen LogP contribution in [0.3, 0.4) is 0 Å². The molecule has 4 rings (SSSR count). The Morgan fingerprint density at radius 2 is 2.08 bits per heavy atom. The third-order valence-corrected chi connectivity index (χ3v) is 5.52. The Hall–Kier alpha value is -2.84. The maximum Gasteiger partial charge on any atom is 0.221 e. The molecule has 5 nitrogen and oxygen atoms in total. The van der Waals surface area contributed by atoms with Gasteiger partial charge in [0.25, 0.3) is 0 Å². The molecule has 2 aliphatic rings. The first-order chi connectivity index (χ1) is 12.5. The second-order valence-corrected chi connectivity index (χ2v) is 7.19. The Morgan fingerprint density at radius 3 is 2.77 bits per heavy atom. The molecule has 0 spiro atoms. The Labute approximate surface area is 153 Å². The van der Waals surface area contributed by atoms with Gasteiger partial charge in [-0.3, -0.25) is 4.79 Å². The molecule has 2 aromatic rings. The maximum absolute atomic E-state index is 11.4. The zero-order chi connectivity index (χ0) is 18.3. The van der Waals surface area contributed by atoms with Crippen LogP contribution in [-0.4, -0.2) is 12.5 Å². The van der Waals surface area contributed by atoms with Gasteiger partial charge in [0.1, 0.15) is 0 Å². The molecule has 0 bridgehead atoms. The molecule has 2 aliphatic heterocycles. The molecule has 2 heterocycles. The van der Waals surface area contributed by atoms with Gasteiger partial charge in [0.2, 0.25) is 5.91 Å². The van der Waals surface area contributed by atoms with Crippen molar-refractivity contribution in [3.05, 3.63) is 59.2 Å². The van der Waals surface area contributed by atoms with Crippen LogP contribution in [-0.2, 0) is 15.1 Å². The molecule has 5 heteroatoms. The highest BCUT2D eigenvalue weighted by molar-refractivity contribution is 5.89. The van der Waals surface area contributed by atoms with E-state index in [2.05, 4.69) is 23.6 Å². The van der Waals surface area contributed by atoms with Crippen LogP contribution in [0.25, 0.3) is 0 Å². The summed E-state index contributed by atoms with van der Waals surface area (Å²) in [4.78, 5) is 11.4. The minimum Gasteiger partial charge on any atom is -0.375 e. The largest absolute Gasteiger partial charge is 0.375 e. The second kappa shape index (κ2) is 6.15. The van der Waals surface area contributed by atoms with Crippen molar-refractivity contribution in [3.63, 3.8) is 0 Å². The molecule has 2 N–H and O–H groups in total. The van der Waals surface area contributed by atoms with Crippen LogP contribution >= 0.6 is 0 Å². The number of nitriles is 1. The molecular weight excluding hydrogens is 326 g/mol. The lowest BCUT2D eigenvalue weighted by Gasteiger charge is -2.45. The lowest BCUT2D eigenvalue weighted by Crippen LogP contribution is -2.44. The number of carbonyl (C=O) groups excluding carboxylic acids is 1. The van der Waals surface area contributed by atoms with Crippen LogP contribution in [0.15, 0.2) is 42.5 Å². The third-order valence-electron chi connectivity index (χ3n) is 5.52. The monoisotopic (exact) mass is 347 g/mol. The van der Waals surface area contributed by atoms with Crippen molar-refractivity contribution < 1.29 is 9.53 Å². The molecule has 1 fully saturated rings. The van der Waals surface area contributed by atoms with E-state index >= 15 is 0 Å². The summed E-state index contributed by atoms with van der Waals surface area (Å²) >= 11 is 0. The van der Waals surface area contributed by atoms with E-state index in [-0.39, 0.29) is 23.5 Å². The molecule has 1 amide bonds. The highest BCUT2D eigenvalue weighted by Crippen LogP contribution is 2.53. The van der Waals surface area contributed by atoms with Crippen molar-refractivity contribution in [2.24, 2.45) is 5.92 Å². The summed E-state index contributed by atoms with van der Waals surface area (Å²) in [5, 5.41) is 15.6. The fourth-order valence-corrected chi connectivity index (χ4v) is 4.23. The molecule has 0 unspecified atom stereocenters. The van der Waals surface area contributed by atoms with Gasteiger partial charge in [-0.1, -0.05) is 12.1 Å². The molecule has 0 radical (unpaired) electrons. The first kappa shape index (κ1) is 16.6. The van der Waals surface area contributed by atoms with Crippen molar-refractivity contribution >= 4 is 17.3 Å². The zero-order valence-corrected chi connectivity index (χ0v) is 14.9. The smallest absolute Gasteiger partial charge is 0.221 e. The van der Waals surface area contributed by atoms with Gasteiger partial charge < -0.3 is 15.4 Å². The van der Waals surface area contributed by atoms with Crippen LogP contribution < -0.4 is 10.6 Å². The average molecular weight is 347 g/mol. The highest BCUT2D eigenvalue weighted by Gasteiger charge is 2.48. The predicted molar refractivity (Wildman–Crippen MR) is 99.7 cm³/mol. The van der Waals surface area contributed by atoms with E-state index < -0.39 is 0 Å². The maximum atomic E-state index is 11.4. The summed E-state index contributed by atoms with van der Waals surface area (Å²) in [6, 6.07) is 15.9. The summed E-state index contributed by atoms with van der Waals surface area (Å²) in [5.41, 5.74) is 4.42. The van der Waals surface area contributed by atoms with E-state index in [0.717, 1.165) is 28.9 Å². The van der Waals surface area contributed by atoms with Crippen LogP contribution in [0.2, 0.25) is 0 Å². The van der Waals surface area contributed by atoms with E-state index in [1.54, 1.807) is 0 Å². The van der Waals surface area contributed by atoms with Crippen molar-refractivity contribution in [2.45, 2.75) is 31.9 Å². The Balaban J connectivity index is 1.76. The second-order valence-electron chi connectivity index (χ2n) is 7.19. The summed E-state index contributed by atoms with van der Waals surface area (Å²) in [7, 11) is 0. The van der Waals surface area contributed by atoms with Gasteiger partial charge in [-0.15, -0.1) is 0 Å². The molecule has 2 aromatic carbocycles. The van der Waals surface area contributed by atoms with Gasteiger partial charge in [0, 0.05) is 36.4 Å². The molecular formula is C21H21N3O2. The average Bonchev–Trinajstić information content (AvgIpc) is 3.13. The summed E-state index contributed by atoms with van der Waals surface area (Å²) in [6.45, 7) is 4.42. The van der Waals surface area contributed by atoms with E-state index in [4.69, 9.17) is 10.00 Å². The fourth-order valence-electron chi connectivity index (χ4n) is 4.23. The standard InChI is InChI=1S/C21H21N3O2/c1-13(25)23-16-7-8-19-17(11-16)20-18(9-10-26-20)21(2,24-19)15-5-3-14(12-22)4-6-15/h3-8,11,18,20,24H,9-10H2,1-2H3,(H,23,25)/t18-,20-,21+/m0/s1. The highest BCUT2D eigenvalue weighted by atomic mass is 16.5.